The van der Waals surface area contributed by atoms with E-state index in [1.807, 2.05) is 35.2 Å². The molecule has 2 aromatic rings. The van der Waals surface area contributed by atoms with Crippen molar-refractivity contribution in [3.05, 3.63) is 65.7 Å². The lowest BCUT2D eigenvalue weighted by Crippen LogP contribution is -3.11. The number of hydrogen-bond acceptors (Lipinski definition) is 2. The van der Waals surface area contributed by atoms with Crippen LogP contribution in [0.1, 0.15) is 49.2 Å². The van der Waals surface area contributed by atoms with Gasteiger partial charge in [-0.05, 0) is 50.6 Å². The summed E-state index contributed by atoms with van der Waals surface area (Å²) in [5, 5.41) is 0. The third-order valence-corrected chi connectivity index (χ3v) is 5.10. The van der Waals surface area contributed by atoms with Gasteiger partial charge >= 0.3 is 0 Å². The number of quaternary nitrogens is 1. The van der Waals surface area contributed by atoms with Gasteiger partial charge in [0.05, 0.1) is 25.7 Å². The zero-order valence-corrected chi connectivity index (χ0v) is 17.4. The number of hydrogen-bond donors (Lipinski definition) is 2. The second-order valence-corrected chi connectivity index (χ2v) is 6.77. The van der Waals surface area contributed by atoms with Gasteiger partial charge in [0.25, 0.3) is 5.91 Å². The smallest absolute Gasteiger partial charge is 0.254 e. The average molecular weight is 390 g/mol. The van der Waals surface area contributed by atoms with Crippen molar-refractivity contribution >= 4 is 11.6 Å². The Hall–Kier alpha value is -2.04. The minimum Gasteiger partial charge on any atom is -1.00 e. The highest BCUT2D eigenvalue weighted by atomic mass is 35.5. The van der Waals surface area contributed by atoms with Crippen LogP contribution in [0.15, 0.2) is 54.6 Å². The van der Waals surface area contributed by atoms with Gasteiger partial charge in [0, 0.05) is 24.2 Å². The highest BCUT2D eigenvalue weighted by molar-refractivity contribution is 5.94. The Labute approximate surface area is 169 Å². The Kier molecular flexibility index (Phi) is 9.90. The fourth-order valence-corrected chi connectivity index (χ4v) is 3.28. The van der Waals surface area contributed by atoms with Crippen LogP contribution >= 0.6 is 0 Å². The second kappa shape index (κ2) is 11.6. The van der Waals surface area contributed by atoms with Crippen LogP contribution in [0.5, 0.6) is 0 Å². The number of amides is 1. The maximum Gasteiger partial charge on any atom is 0.254 e. The number of nitrogens with two attached hydrogens (primary N) is 1. The summed E-state index contributed by atoms with van der Waals surface area (Å²) >= 11 is 0. The molecule has 0 bridgehead atoms. The molecule has 1 amide bonds. The molecule has 0 saturated carbocycles. The van der Waals surface area contributed by atoms with E-state index in [0.717, 1.165) is 38.2 Å². The molecule has 0 spiro atoms. The number of carbonyl (C=O) groups excluding carboxylic acids is 1. The summed E-state index contributed by atoms with van der Waals surface area (Å²) in [7, 11) is 0. The van der Waals surface area contributed by atoms with Crippen molar-refractivity contribution in [1.82, 2.24) is 4.90 Å². The van der Waals surface area contributed by atoms with E-state index in [1.165, 1.54) is 0 Å². The molecule has 0 aliphatic rings. The second-order valence-electron chi connectivity index (χ2n) is 6.77. The van der Waals surface area contributed by atoms with E-state index >= 15 is 0 Å². The van der Waals surface area contributed by atoms with Crippen LogP contribution in [0.2, 0.25) is 0 Å². The van der Waals surface area contributed by atoms with Crippen LogP contribution in [-0.4, -0.2) is 37.0 Å². The van der Waals surface area contributed by atoms with E-state index in [4.69, 9.17) is 5.73 Å². The lowest BCUT2D eigenvalue weighted by molar-refractivity contribution is -0.896. The zero-order valence-electron chi connectivity index (χ0n) is 16.6. The molecule has 4 nitrogen and oxygen atoms in total. The molecular weight excluding hydrogens is 358 g/mol. The first-order valence-electron chi connectivity index (χ1n) is 9.61. The Morgan fingerprint density at radius 2 is 1.63 bits per heavy atom. The SMILES string of the molecule is CC[NH+](CC)CCCN(C(=O)c1ccc(N)cc1)C(C)c1ccccc1.[Cl-]. The van der Waals surface area contributed by atoms with Crippen molar-refractivity contribution < 1.29 is 22.1 Å². The third-order valence-electron chi connectivity index (χ3n) is 5.10. The van der Waals surface area contributed by atoms with E-state index < -0.39 is 0 Å². The Bertz CT molecular complexity index is 672. The summed E-state index contributed by atoms with van der Waals surface area (Å²) in [5.74, 6) is 0.0656. The molecule has 5 heteroatoms. The van der Waals surface area contributed by atoms with Crippen LogP contribution in [0.25, 0.3) is 0 Å². The highest BCUT2D eigenvalue weighted by Crippen LogP contribution is 2.22. The van der Waals surface area contributed by atoms with Gasteiger partial charge in [-0.25, -0.2) is 0 Å². The summed E-state index contributed by atoms with van der Waals surface area (Å²) in [5.41, 5.74) is 8.30. The van der Waals surface area contributed by atoms with Gasteiger partial charge < -0.3 is 27.9 Å². The maximum atomic E-state index is 13.2. The summed E-state index contributed by atoms with van der Waals surface area (Å²) in [6, 6.07) is 17.5. The molecule has 1 unspecified atom stereocenters. The first-order chi connectivity index (χ1) is 12.6. The van der Waals surface area contributed by atoms with Crippen molar-refractivity contribution in [2.75, 3.05) is 31.9 Å². The molecule has 0 saturated heterocycles. The standard InChI is InChI=1S/C22H31N3O.ClH/c1-4-24(5-2)16-9-17-25(18(3)19-10-7-6-8-11-19)22(26)20-12-14-21(23)15-13-20;/h6-8,10-15,18H,4-5,9,16-17,23H2,1-3H3;1H. The van der Waals surface area contributed by atoms with Crippen molar-refractivity contribution in [3.63, 3.8) is 0 Å². The lowest BCUT2D eigenvalue weighted by atomic mass is 10.0. The average Bonchev–Trinajstić information content (AvgIpc) is 2.68. The Morgan fingerprint density at radius 1 is 1.04 bits per heavy atom. The zero-order chi connectivity index (χ0) is 18.9. The number of anilines is 1. The quantitative estimate of drug-likeness (QED) is 0.583. The largest absolute Gasteiger partial charge is 1.00 e. The molecule has 2 rings (SSSR count). The number of nitrogen functional groups attached to an aromatic ring is 1. The number of halogens is 1. The number of benzene rings is 2. The summed E-state index contributed by atoms with van der Waals surface area (Å²) in [6.45, 7) is 10.6. The number of rotatable bonds is 9. The van der Waals surface area contributed by atoms with Crippen LogP contribution in [-0.2, 0) is 0 Å². The van der Waals surface area contributed by atoms with Gasteiger partial charge in [-0.1, -0.05) is 30.3 Å². The molecule has 0 fully saturated rings. The lowest BCUT2D eigenvalue weighted by Gasteiger charge is -2.30. The molecule has 0 aromatic heterocycles. The van der Waals surface area contributed by atoms with Crippen LogP contribution in [0.3, 0.4) is 0 Å². The number of nitrogens with one attached hydrogen (secondary N) is 1. The molecule has 27 heavy (non-hydrogen) atoms. The van der Waals surface area contributed by atoms with Crippen molar-refractivity contribution in [2.24, 2.45) is 0 Å². The van der Waals surface area contributed by atoms with Crippen molar-refractivity contribution in [3.8, 4) is 0 Å². The predicted octanol–water partition coefficient (Wildman–Crippen LogP) is -0.209. The molecule has 2 aromatic carbocycles. The first-order valence-corrected chi connectivity index (χ1v) is 9.61. The van der Waals surface area contributed by atoms with E-state index in [2.05, 4.69) is 32.9 Å². The Morgan fingerprint density at radius 3 is 2.19 bits per heavy atom. The summed E-state index contributed by atoms with van der Waals surface area (Å²) in [6.07, 6.45) is 0.995. The van der Waals surface area contributed by atoms with E-state index in [-0.39, 0.29) is 24.4 Å². The molecule has 0 aliphatic carbocycles. The van der Waals surface area contributed by atoms with Gasteiger partial charge in [-0.3, -0.25) is 4.79 Å². The van der Waals surface area contributed by atoms with Gasteiger partial charge in [0.15, 0.2) is 0 Å². The van der Waals surface area contributed by atoms with E-state index in [9.17, 15) is 4.79 Å². The van der Waals surface area contributed by atoms with Gasteiger partial charge in [-0.15, -0.1) is 0 Å². The number of nitrogens with zero attached hydrogens (tertiary/aromatic N) is 1. The molecule has 0 heterocycles. The normalized spacial score (nSPS) is 11.7. The summed E-state index contributed by atoms with van der Waals surface area (Å²) < 4.78 is 0. The molecule has 3 N–H and O–H groups in total. The highest BCUT2D eigenvalue weighted by Gasteiger charge is 2.23. The summed E-state index contributed by atoms with van der Waals surface area (Å²) in [4.78, 5) is 16.7. The van der Waals surface area contributed by atoms with E-state index in [1.54, 1.807) is 17.0 Å². The van der Waals surface area contributed by atoms with Gasteiger partial charge in [0.1, 0.15) is 0 Å². The van der Waals surface area contributed by atoms with Gasteiger partial charge in [-0.2, -0.15) is 0 Å². The minimum atomic E-state index is 0. The van der Waals surface area contributed by atoms with Gasteiger partial charge in [0.2, 0.25) is 0 Å². The van der Waals surface area contributed by atoms with Crippen LogP contribution in [0.4, 0.5) is 5.69 Å². The third kappa shape index (κ3) is 6.56. The fraction of sp³-hybridized carbons (Fsp3) is 0.409. The van der Waals surface area contributed by atoms with Crippen molar-refractivity contribution in [1.29, 1.82) is 0 Å². The fourth-order valence-electron chi connectivity index (χ4n) is 3.28. The van der Waals surface area contributed by atoms with Crippen LogP contribution in [0, 0.1) is 0 Å². The minimum absolute atomic E-state index is 0. The first kappa shape index (κ1) is 23.0. The Balaban J connectivity index is 0.00000364. The molecule has 0 radical (unpaired) electrons. The number of carbonyl (C=O) groups is 1. The molecule has 1 atom stereocenters. The van der Waals surface area contributed by atoms with Crippen molar-refractivity contribution in [2.45, 2.75) is 33.2 Å². The molecule has 0 aliphatic heterocycles. The van der Waals surface area contributed by atoms with Crippen LogP contribution < -0.4 is 23.0 Å². The monoisotopic (exact) mass is 389 g/mol. The maximum absolute atomic E-state index is 13.2. The predicted molar refractivity (Wildman–Crippen MR) is 108 cm³/mol. The molecule has 148 valence electrons. The topological polar surface area (TPSA) is 50.8 Å². The van der Waals surface area contributed by atoms with E-state index in [0.29, 0.717) is 11.3 Å². The molecular formula is C22H32ClN3O.